The Balaban J connectivity index is 1.31. The van der Waals surface area contributed by atoms with Crippen LogP contribution in [0.4, 0.5) is 0 Å². The maximum atomic E-state index is 10.9. The first-order valence-electron chi connectivity index (χ1n) is 15.2. The predicted octanol–water partition coefficient (Wildman–Crippen LogP) is 5.20. The van der Waals surface area contributed by atoms with E-state index in [1.54, 1.807) is 6.92 Å². The van der Waals surface area contributed by atoms with Gasteiger partial charge in [0.25, 0.3) is 0 Å². The Morgan fingerprint density at radius 1 is 0.927 bits per heavy atom. The standard InChI is InChI=1S/C34H48O7/c1-24(16-18-37-21-25-11-7-5-8-12-25)31-27(38-22-26-13-9-6-10-14-26)15-17-32(2)29(39-31)19-30-33(3,41-32)20-28(36)34(4,23-35)40-30/h5-14,24,27-31,35-36H,15-23H2,1-4H3/t24-,27+,28-,29+,30-,31-,32-,33+,34+/m1/s1. The molecule has 0 aromatic heterocycles. The van der Waals surface area contributed by atoms with Gasteiger partial charge in [0.15, 0.2) is 0 Å². The quantitative estimate of drug-likeness (QED) is 0.381. The van der Waals surface area contributed by atoms with E-state index < -0.39 is 22.9 Å². The van der Waals surface area contributed by atoms with Gasteiger partial charge in [0.05, 0.1) is 61.5 Å². The van der Waals surface area contributed by atoms with Crippen molar-refractivity contribution in [3.8, 4) is 0 Å². The number of hydrogen-bond donors (Lipinski definition) is 2. The van der Waals surface area contributed by atoms with Gasteiger partial charge in [0.1, 0.15) is 5.60 Å². The van der Waals surface area contributed by atoms with Crippen LogP contribution in [0.3, 0.4) is 0 Å². The number of aliphatic hydroxyl groups excluding tert-OH is 2. The van der Waals surface area contributed by atoms with Crippen molar-refractivity contribution in [3.05, 3.63) is 71.8 Å². The number of rotatable bonds is 10. The van der Waals surface area contributed by atoms with Crippen molar-refractivity contribution in [1.29, 1.82) is 0 Å². The topological polar surface area (TPSA) is 86.6 Å². The smallest absolute Gasteiger partial charge is 0.115 e. The van der Waals surface area contributed by atoms with E-state index in [0.29, 0.717) is 32.7 Å². The molecule has 7 nitrogen and oxygen atoms in total. The zero-order valence-electron chi connectivity index (χ0n) is 25.0. The molecule has 0 amide bonds. The summed E-state index contributed by atoms with van der Waals surface area (Å²) in [4.78, 5) is 0. The van der Waals surface area contributed by atoms with Crippen LogP contribution in [0.25, 0.3) is 0 Å². The number of aliphatic hydroxyl groups is 2. The number of hydrogen-bond acceptors (Lipinski definition) is 7. The Bertz CT molecular complexity index is 1100. The molecule has 0 saturated carbocycles. The first-order chi connectivity index (χ1) is 19.6. The van der Waals surface area contributed by atoms with Crippen LogP contribution < -0.4 is 0 Å². The van der Waals surface area contributed by atoms with Crippen molar-refractivity contribution in [2.45, 2.75) is 120 Å². The molecule has 0 spiro atoms. The summed E-state index contributed by atoms with van der Waals surface area (Å²) in [5, 5.41) is 20.9. The maximum Gasteiger partial charge on any atom is 0.115 e. The summed E-state index contributed by atoms with van der Waals surface area (Å²) in [5.74, 6) is 0.194. The highest BCUT2D eigenvalue weighted by molar-refractivity contribution is 5.14. The summed E-state index contributed by atoms with van der Waals surface area (Å²) < 4.78 is 32.9. The minimum atomic E-state index is -1.02. The summed E-state index contributed by atoms with van der Waals surface area (Å²) in [6.45, 7) is 9.66. The summed E-state index contributed by atoms with van der Waals surface area (Å²) >= 11 is 0. The van der Waals surface area contributed by atoms with Crippen molar-refractivity contribution in [1.82, 2.24) is 0 Å². The van der Waals surface area contributed by atoms with Gasteiger partial charge in [0, 0.05) is 19.4 Å². The van der Waals surface area contributed by atoms with E-state index in [-0.39, 0.29) is 36.9 Å². The molecule has 3 heterocycles. The Morgan fingerprint density at radius 2 is 1.59 bits per heavy atom. The van der Waals surface area contributed by atoms with Crippen LogP contribution in [0.2, 0.25) is 0 Å². The van der Waals surface area contributed by atoms with Gasteiger partial charge in [0.2, 0.25) is 0 Å². The van der Waals surface area contributed by atoms with Gasteiger partial charge in [-0.25, -0.2) is 0 Å². The molecule has 2 N–H and O–H groups in total. The highest BCUT2D eigenvalue weighted by atomic mass is 16.6. The van der Waals surface area contributed by atoms with E-state index in [9.17, 15) is 10.2 Å². The van der Waals surface area contributed by atoms with Crippen molar-refractivity contribution < 1.29 is 33.9 Å². The van der Waals surface area contributed by atoms with Gasteiger partial charge in [-0.15, -0.1) is 0 Å². The third kappa shape index (κ3) is 6.88. The normalized spacial score (nSPS) is 38.0. The molecule has 3 fully saturated rings. The second-order valence-corrected chi connectivity index (χ2v) is 13.0. The van der Waals surface area contributed by atoms with Crippen molar-refractivity contribution >= 4 is 0 Å². The summed E-state index contributed by atoms with van der Waals surface area (Å²) in [5.41, 5.74) is 0.0724. The fourth-order valence-electron chi connectivity index (χ4n) is 6.78. The highest BCUT2D eigenvalue weighted by Gasteiger charge is 2.60. The monoisotopic (exact) mass is 568 g/mol. The largest absolute Gasteiger partial charge is 0.393 e. The Labute approximate surface area is 245 Å². The second kappa shape index (κ2) is 12.8. The molecule has 226 valence electrons. The van der Waals surface area contributed by atoms with E-state index in [1.165, 1.54) is 5.56 Å². The minimum absolute atomic E-state index is 0.102. The van der Waals surface area contributed by atoms with Crippen molar-refractivity contribution in [3.63, 3.8) is 0 Å². The Kier molecular flexibility index (Phi) is 9.56. The third-order valence-electron chi connectivity index (χ3n) is 9.60. The van der Waals surface area contributed by atoms with E-state index in [1.807, 2.05) is 43.3 Å². The average molecular weight is 569 g/mol. The van der Waals surface area contributed by atoms with Crippen molar-refractivity contribution in [2.75, 3.05) is 13.2 Å². The lowest BCUT2D eigenvalue weighted by Crippen LogP contribution is -2.69. The van der Waals surface area contributed by atoms with E-state index in [2.05, 4.69) is 38.1 Å². The van der Waals surface area contributed by atoms with E-state index >= 15 is 0 Å². The van der Waals surface area contributed by atoms with Crippen molar-refractivity contribution in [2.24, 2.45) is 5.92 Å². The number of ether oxygens (including phenoxy) is 5. The predicted molar refractivity (Wildman–Crippen MR) is 156 cm³/mol. The maximum absolute atomic E-state index is 10.9. The molecule has 5 rings (SSSR count). The van der Waals surface area contributed by atoms with E-state index in [4.69, 9.17) is 23.7 Å². The van der Waals surface area contributed by atoms with Gasteiger partial charge < -0.3 is 33.9 Å². The first kappa shape index (κ1) is 30.6. The number of fused-ring (bicyclic) bond motifs is 2. The third-order valence-corrected chi connectivity index (χ3v) is 9.60. The fourth-order valence-corrected chi connectivity index (χ4v) is 6.78. The molecule has 2 aromatic carbocycles. The van der Waals surface area contributed by atoms with Crippen LogP contribution in [0.5, 0.6) is 0 Å². The molecule has 41 heavy (non-hydrogen) atoms. The Hall–Kier alpha value is -1.84. The molecule has 9 atom stereocenters. The molecule has 0 bridgehead atoms. The zero-order chi connectivity index (χ0) is 29.1. The fraction of sp³-hybridized carbons (Fsp3) is 0.647. The van der Waals surface area contributed by atoms with Crippen LogP contribution in [0, 0.1) is 5.92 Å². The molecule has 3 saturated heterocycles. The highest BCUT2D eigenvalue weighted by Crippen LogP contribution is 2.50. The van der Waals surface area contributed by atoms with Gasteiger partial charge in [-0.3, -0.25) is 0 Å². The molecule has 0 unspecified atom stereocenters. The summed E-state index contributed by atoms with van der Waals surface area (Å²) in [6, 6.07) is 20.5. The average Bonchev–Trinajstić information content (AvgIpc) is 3.10. The molecule has 7 heteroatoms. The molecule has 0 aliphatic carbocycles. The molecule has 2 aromatic rings. The van der Waals surface area contributed by atoms with Gasteiger partial charge in [-0.2, -0.15) is 0 Å². The van der Waals surface area contributed by atoms with E-state index in [0.717, 1.165) is 24.8 Å². The van der Waals surface area contributed by atoms with Crippen LogP contribution in [-0.2, 0) is 36.9 Å². The zero-order valence-corrected chi connectivity index (χ0v) is 25.0. The van der Waals surface area contributed by atoms with Crippen LogP contribution in [0.1, 0.15) is 70.9 Å². The first-order valence-corrected chi connectivity index (χ1v) is 15.2. The van der Waals surface area contributed by atoms with Gasteiger partial charge in [-0.1, -0.05) is 67.6 Å². The summed E-state index contributed by atoms with van der Waals surface area (Å²) in [6.07, 6.45) is 1.91. The number of benzene rings is 2. The second-order valence-electron chi connectivity index (χ2n) is 13.0. The molecule has 0 radical (unpaired) electrons. The summed E-state index contributed by atoms with van der Waals surface area (Å²) in [7, 11) is 0. The molecular formula is C34H48O7. The molecule has 3 aliphatic heterocycles. The van der Waals surface area contributed by atoms with Gasteiger partial charge in [-0.05, 0) is 57.1 Å². The lowest BCUT2D eigenvalue weighted by atomic mass is 9.74. The molecule has 3 aliphatic rings. The SMILES string of the molecule is C[C@H](CCOCc1ccccc1)[C@H]1O[C@H]2C[C@H]3O[C@@](C)(CO)[C@H](O)C[C@]3(C)O[C@]2(C)CC[C@@H]1OCc1ccccc1. The Morgan fingerprint density at radius 3 is 2.24 bits per heavy atom. The van der Waals surface area contributed by atoms with Gasteiger partial charge >= 0.3 is 0 Å². The molecular weight excluding hydrogens is 520 g/mol. The lowest BCUT2D eigenvalue weighted by Gasteiger charge is -2.58. The van der Waals surface area contributed by atoms with Crippen LogP contribution >= 0.6 is 0 Å². The lowest BCUT2D eigenvalue weighted by molar-refractivity contribution is -0.343. The minimum Gasteiger partial charge on any atom is -0.393 e. The van der Waals surface area contributed by atoms with Crippen LogP contribution in [0.15, 0.2) is 60.7 Å². The van der Waals surface area contributed by atoms with Crippen LogP contribution in [-0.4, -0.2) is 70.7 Å².